The Labute approximate surface area is 187 Å². The fraction of sp³-hybridized carbons (Fsp3) is 0.846. The molecule has 2 amide bonds. The van der Waals surface area contributed by atoms with Crippen molar-refractivity contribution in [3.8, 4) is 0 Å². The molecule has 5 nitrogen and oxygen atoms in total. The second-order valence-electron chi connectivity index (χ2n) is 11.2. The predicted octanol–water partition coefficient (Wildman–Crippen LogP) is 3.50. The van der Waals surface area contributed by atoms with E-state index >= 15 is 0 Å². The summed E-state index contributed by atoms with van der Waals surface area (Å²) in [6.45, 7) is 6.68. The van der Waals surface area contributed by atoms with Gasteiger partial charge in [-0.25, -0.2) is 0 Å². The van der Waals surface area contributed by atoms with Crippen LogP contribution >= 0.6 is 0 Å². The van der Waals surface area contributed by atoms with Crippen LogP contribution in [-0.4, -0.2) is 48.9 Å². The number of nitrogens with zero attached hydrogens (tertiary/aromatic N) is 1. The summed E-state index contributed by atoms with van der Waals surface area (Å²) in [5.41, 5.74) is 0.223. The van der Waals surface area contributed by atoms with Crippen molar-refractivity contribution in [3.05, 3.63) is 12.2 Å². The first-order valence-electron chi connectivity index (χ1n) is 13.1. The number of hydrogen-bond donors (Lipinski definition) is 2. The van der Waals surface area contributed by atoms with E-state index in [4.69, 9.17) is 0 Å². The van der Waals surface area contributed by atoms with E-state index in [1.54, 1.807) is 0 Å². The van der Waals surface area contributed by atoms with E-state index in [1.165, 1.54) is 51.6 Å². The van der Waals surface area contributed by atoms with E-state index in [0.29, 0.717) is 6.04 Å². The van der Waals surface area contributed by atoms with Gasteiger partial charge >= 0.3 is 0 Å². The first kappa shape index (κ1) is 21.5. The van der Waals surface area contributed by atoms with Gasteiger partial charge in [0.2, 0.25) is 11.8 Å². The largest absolute Gasteiger partial charge is 0.356 e. The molecule has 0 aromatic rings. The molecule has 1 saturated heterocycles. The third-order valence-corrected chi connectivity index (χ3v) is 9.21. The summed E-state index contributed by atoms with van der Waals surface area (Å²) in [5, 5.41) is 6.59. The van der Waals surface area contributed by atoms with Crippen LogP contribution in [0.3, 0.4) is 0 Å². The fourth-order valence-electron chi connectivity index (χ4n) is 7.21. The topological polar surface area (TPSA) is 61.4 Å². The van der Waals surface area contributed by atoms with Crippen LogP contribution in [0.1, 0.15) is 71.1 Å². The molecule has 5 aliphatic rings. The number of rotatable bonds is 8. The summed E-state index contributed by atoms with van der Waals surface area (Å²) in [6, 6.07) is 0.302. The van der Waals surface area contributed by atoms with Gasteiger partial charge in [-0.05, 0) is 107 Å². The van der Waals surface area contributed by atoms with Crippen molar-refractivity contribution in [2.24, 2.45) is 35.0 Å². The Bertz CT molecular complexity index is 701. The first-order valence-corrected chi connectivity index (χ1v) is 13.1. The second-order valence-corrected chi connectivity index (χ2v) is 11.2. The first-order chi connectivity index (χ1) is 15.1. The van der Waals surface area contributed by atoms with Crippen LogP contribution in [0.25, 0.3) is 0 Å². The van der Waals surface area contributed by atoms with Gasteiger partial charge < -0.3 is 15.5 Å². The number of likely N-dealkylation sites (tertiary alicyclic amines) is 1. The molecule has 172 valence electrons. The molecule has 5 rings (SSSR count). The lowest BCUT2D eigenvalue weighted by molar-refractivity contribution is -0.135. The van der Waals surface area contributed by atoms with Gasteiger partial charge in [-0.1, -0.05) is 19.1 Å². The lowest BCUT2D eigenvalue weighted by Crippen LogP contribution is -2.47. The normalized spacial score (nSPS) is 38.0. The van der Waals surface area contributed by atoms with Crippen molar-refractivity contribution in [3.63, 3.8) is 0 Å². The maximum absolute atomic E-state index is 13.4. The third kappa shape index (κ3) is 4.19. The molecule has 1 aliphatic heterocycles. The molecule has 4 atom stereocenters. The van der Waals surface area contributed by atoms with E-state index < -0.39 is 0 Å². The monoisotopic (exact) mass is 427 g/mol. The molecule has 4 fully saturated rings. The Hall–Kier alpha value is -1.36. The van der Waals surface area contributed by atoms with Gasteiger partial charge in [0.15, 0.2) is 0 Å². The highest BCUT2D eigenvalue weighted by Crippen LogP contribution is 2.72. The number of allylic oxidation sites excluding steroid dienone is 2. The average Bonchev–Trinajstić information content (AvgIpc) is 3.12. The Morgan fingerprint density at radius 2 is 1.58 bits per heavy atom. The van der Waals surface area contributed by atoms with Crippen molar-refractivity contribution < 1.29 is 9.59 Å². The molecule has 31 heavy (non-hydrogen) atoms. The summed E-state index contributed by atoms with van der Waals surface area (Å²) in [6.07, 6.45) is 16.3. The van der Waals surface area contributed by atoms with Gasteiger partial charge in [0.1, 0.15) is 0 Å². The minimum absolute atomic E-state index is 0.127. The Morgan fingerprint density at radius 3 is 2.23 bits per heavy atom. The highest BCUT2D eigenvalue weighted by molar-refractivity contribution is 5.90. The third-order valence-electron chi connectivity index (χ3n) is 9.21. The lowest BCUT2D eigenvalue weighted by atomic mass is 9.81. The molecule has 3 saturated carbocycles. The van der Waals surface area contributed by atoms with Crippen LogP contribution < -0.4 is 10.6 Å². The minimum atomic E-state index is -0.168. The SMILES string of the molecule is CC1CCC(NC(=O)[C@H]2[C@H](C(=O)NCCCCN3CCCC3)[C@H]3C=C[C@@H]2C32CC2)CC1. The zero-order valence-electron chi connectivity index (χ0n) is 19.3. The summed E-state index contributed by atoms with van der Waals surface area (Å²) < 4.78 is 0. The number of carbonyl (C=O) groups excluding carboxylic acids is 2. The van der Waals surface area contributed by atoms with Crippen molar-refractivity contribution in [2.75, 3.05) is 26.2 Å². The summed E-state index contributed by atoms with van der Waals surface area (Å²) >= 11 is 0. The minimum Gasteiger partial charge on any atom is -0.356 e. The average molecular weight is 428 g/mol. The molecular weight excluding hydrogens is 386 g/mol. The van der Waals surface area contributed by atoms with Crippen LogP contribution in [0.5, 0.6) is 0 Å². The van der Waals surface area contributed by atoms with Crippen LogP contribution in [0.4, 0.5) is 0 Å². The Balaban J connectivity index is 1.16. The van der Waals surface area contributed by atoms with E-state index in [-0.39, 0.29) is 40.9 Å². The molecule has 0 radical (unpaired) electrons. The molecule has 0 aromatic heterocycles. The zero-order valence-corrected chi connectivity index (χ0v) is 19.3. The van der Waals surface area contributed by atoms with Crippen LogP contribution in [0.2, 0.25) is 0 Å². The summed E-state index contributed by atoms with van der Waals surface area (Å²) in [4.78, 5) is 29.2. The van der Waals surface area contributed by atoms with Gasteiger partial charge in [0.25, 0.3) is 0 Å². The molecule has 2 N–H and O–H groups in total. The summed E-state index contributed by atoms with van der Waals surface area (Å²) in [7, 11) is 0. The number of hydrogen-bond acceptors (Lipinski definition) is 3. The Morgan fingerprint density at radius 1 is 0.935 bits per heavy atom. The van der Waals surface area contributed by atoms with E-state index in [1.807, 2.05) is 0 Å². The number of unbranched alkanes of at least 4 members (excludes halogenated alkanes) is 1. The van der Waals surface area contributed by atoms with E-state index in [9.17, 15) is 9.59 Å². The molecule has 2 bridgehead atoms. The van der Waals surface area contributed by atoms with Crippen molar-refractivity contribution in [1.29, 1.82) is 0 Å². The highest BCUT2D eigenvalue weighted by atomic mass is 16.2. The molecule has 0 aromatic carbocycles. The number of nitrogens with one attached hydrogen (secondary N) is 2. The molecule has 0 unspecified atom stereocenters. The maximum Gasteiger partial charge on any atom is 0.224 e. The van der Waals surface area contributed by atoms with Crippen LogP contribution in [0.15, 0.2) is 12.2 Å². The van der Waals surface area contributed by atoms with Crippen LogP contribution in [-0.2, 0) is 9.59 Å². The van der Waals surface area contributed by atoms with E-state index in [0.717, 1.165) is 44.7 Å². The van der Waals surface area contributed by atoms with Crippen molar-refractivity contribution in [1.82, 2.24) is 15.5 Å². The molecular formula is C26H41N3O2. The second kappa shape index (κ2) is 8.88. The van der Waals surface area contributed by atoms with Gasteiger partial charge in [0, 0.05) is 12.6 Å². The van der Waals surface area contributed by atoms with Gasteiger partial charge in [-0.2, -0.15) is 0 Å². The highest BCUT2D eigenvalue weighted by Gasteiger charge is 2.69. The van der Waals surface area contributed by atoms with Crippen molar-refractivity contribution in [2.45, 2.75) is 77.2 Å². The Kier molecular flexibility index (Phi) is 6.15. The van der Waals surface area contributed by atoms with Gasteiger partial charge in [-0.3, -0.25) is 9.59 Å². The smallest absolute Gasteiger partial charge is 0.224 e. The molecule has 4 aliphatic carbocycles. The number of amides is 2. The van der Waals surface area contributed by atoms with Crippen LogP contribution in [0, 0.1) is 35.0 Å². The van der Waals surface area contributed by atoms with Gasteiger partial charge in [-0.15, -0.1) is 0 Å². The number of carbonyl (C=O) groups is 2. The molecule has 1 spiro atoms. The summed E-state index contributed by atoms with van der Waals surface area (Å²) in [5.74, 6) is 1.26. The van der Waals surface area contributed by atoms with Gasteiger partial charge in [0.05, 0.1) is 11.8 Å². The fourth-order valence-corrected chi connectivity index (χ4v) is 7.21. The predicted molar refractivity (Wildman–Crippen MR) is 122 cm³/mol. The zero-order chi connectivity index (χ0) is 21.4. The standard InChI is InChI=1S/C26H41N3O2/c1-18-6-8-19(9-7-18)28-25(31)23-21-11-10-20(26(21)12-13-26)22(23)24(30)27-14-2-3-15-29-16-4-5-17-29/h10-11,18-23H,2-9,12-17H2,1H3,(H,27,30)(H,28,31)/t18?,19?,20-,21+,22-,23-/m1/s1. The van der Waals surface area contributed by atoms with E-state index in [2.05, 4.69) is 34.6 Å². The van der Waals surface area contributed by atoms with Crippen molar-refractivity contribution >= 4 is 11.8 Å². The quantitative estimate of drug-likeness (QED) is 0.460. The molecule has 5 heteroatoms. The molecule has 1 heterocycles. The maximum atomic E-state index is 13.4. The lowest BCUT2D eigenvalue weighted by Gasteiger charge is -2.31.